The number of pyridine rings is 1. The van der Waals surface area contributed by atoms with Gasteiger partial charge in [-0.25, -0.2) is 4.98 Å². The Morgan fingerprint density at radius 1 is 0.967 bits per heavy atom. The Balaban J connectivity index is 1.37. The second kappa shape index (κ2) is 8.34. The van der Waals surface area contributed by atoms with E-state index < -0.39 is 0 Å². The highest BCUT2D eigenvalue weighted by Gasteiger charge is 2.23. The molecule has 1 aliphatic rings. The van der Waals surface area contributed by atoms with Crippen molar-refractivity contribution in [1.82, 2.24) is 9.88 Å². The highest BCUT2D eigenvalue weighted by atomic mass is 16.5. The van der Waals surface area contributed by atoms with Crippen LogP contribution >= 0.6 is 0 Å². The predicted octanol–water partition coefficient (Wildman–Crippen LogP) is 4.20. The first kappa shape index (κ1) is 20.2. The lowest BCUT2D eigenvalue weighted by molar-refractivity contribution is -0.133. The molecule has 4 rings (SSSR count). The summed E-state index contributed by atoms with van der Waals surface area (Å²) in [6, 6.07) is 14.5. The Kier molecular flexibility index (Phi) is 5.62. The van der Waals surface area contributed by atoms with Crippen molar-refractivity contribution in [2.45, 2.75) is 27.7 Å². The molecule has 5 heteroatoms. The average Bonchev–Trinajstić information content (AvgIpc) is 2.75. The molecule has 1 fully saturated rings. The number of piperazine rings is 1. The standard InChI is InChI=1S/C25H29N3O2/c1-17-13-18(2)20(4)23(14-17)30-16-25(29)28-11-9-27(10-12-28)24-15-19(3)21-7-5-6-8-22(21)26-24/h5-8,13-15H,9-12,16H2,1-4H3. The summed E-state index contributed by atoms with van der Waals surface area (Å²) in [5.41, 5.74) is 5.67. The maximum absolute atomic E-state index is 12.7. The number of rotatable bonds is 4. The molecule has 0 aliphatic carbocycles. The lowest BCUT2D eigenvalue weighted by atomic mass is 10.1. The fourth-order valence-corrected chi connectivity index (χ4v) is 4.06. The van der Waals surface area contributed by atoms with Gasteiger partial charge in [-0.05, 0) is 68.1 Å². The molecule has 0 unspecified atom stereocenters. The van der Waals surface area contributed by atoms with Crippen molar-refractivity contribution in [2.75, 3.05) is 37.7 Å². The Labute approximate surface area is 178 Å². The lowest BCUT2D eigenvalue weighted by Gasteiger charge is -2.35. The van der Waals surface area contributed by atoms with Crippen LogP contribution < -0.4 is 9.64 Å². The zero-order valence-corrected chi connectivity index (χ0v) is 18.2. The van der Waals surface area contributed by atoms with Crippen molar-refractivity contribution in [2.24, 2.45) is 0 Å². The summed E-state index contributed by atoms with van der Waals surface area (Å²) in [7, 11) is 0. The number of anilines is 1. The Bertz CT molecular complexity index is 1090. The molecule has 0 spiro atoms. The van der Waals surface area contributed by atoms with Gasteiger partial charge in [-0.15, -0.1) is 0 Å². The van der Waals surface area contributed by atoms with Crippen molar-refractivity contribution in [3.63, 3.8) is 0 Å². The predicted molar refractivity (Wildman–Crippen MR) is 121 cm³/mol. The molecular formula is C25H29N3O2. The van der Waals surface area contributed by atoms with Crippen LogP contribution in [0.3, 0.4) is 0 Å². The minimum absolute atomic E-state index is 0.0378. The minimum atomic E-state index is 0.0378. The summed E-state index contributed by atoms with van der Waals surface area (Å²) in [6.07, 6.45) is 0. The smallest absolute Gasteiger partial charge is 0.260 e. The second-order valence-corrected chi connectivity index (χ2v) is 8.18. The fourth-order valence-electron chi connectivity index (χ4n) is 4.06. The van der Waals surface area contributed by atoms with Gasteiger partial charge in [-0.3, -0.25) is 4.79 Å². The SMILES string of the molecule is Cc1cc(C)c(C)c(OCC(=O)N2CCN(c3cc(C)c4ccccc4n3)CC2)c1. The summed E-state index contributed by atoms with van der Waals surface area (Å²) >= 11 is 0. The van der Waals surface area contributed by atoms with Gasteiger partial charge in [0.15, 0.2) is 6.61 Å². The number of hydrogen-bond donors (Lipinski definition) is 0. The van der Waals surface area contributed by atoms with Crippen LogP contribution in [0.1, 0.15) is 22.3 Å². The quantitative estimate of drug-likeness (QED) is 0.655. The van der Waals surface area contributed by atoms with E-state index in [4.69, 9.17) is 9.72 Å². The Morgan fingerprint density at radius 2 is 1.70 bits per heavy atom. The summed E-state index contributed by atoms with van der Waals surface area (Å²) in [6.45, 7) is 11.3. The van der Waals surface area contributed by atoms with Gasteiger partial charge >= 0.3 is 0 Å². The molecule has 0 radical (unpaired) electrons. The summed E-state index contributed by atoms with van der Waals surface area (Å²) < 4.78 is 5.87. The number of carbonyl (C=O) groups excluding carboxylic acids is 1. The molecule has 2 heterocycles. The molecule has 3 aromatic rings. The van der Waals surface area contributed by atoms with Crippen LogP contribution in [0.25, 0.3) is 10.9 Å². The summed E-state index contributed by atoms with van der Waals surface area (Å²) in [5, 5.41) is 1.19. The Hall–Kier alpha value is -3.08. The average molecular weight is 404 g/mol. The van der Waals surface area contributed by atoms with E-state index in [2.05, 4.69) is 43.0 Å². The second-order valence-electron chi connectivity index (χ2n) is 8.18. The number of hydrogen-bond acceptors (Lipinski definition) is 4. The van der Waals surface area contributed by atoms with Crippen LogP contribution in [-0.2, 0) is 4.79 Å². The van der Waals surface area contributed by atoms with Gasteiger partial charge in [-0.1, -0.05) is 24.3 Å². The zero-order chi connectivity index (χ0) is 21.3. The van der Waals surface area contributed by atoms with E-state index in [1.165, 1.54) is 16.5 Å². The number of aryl methyl sites for hydroxylation is 3. The van der Waals surface area contributed by atoms with Gasteiger partial charge in [0.2, 0.25) is 0 Å². The van der Waals surface area contributed by atoms with Gasteiger partial charge in [0, 0.05) is 31.6 Å². The monoisotopic (exact) mass is 403 g/mol. The number of fused-ring (bicyclic) bond motifs is 1. The van der Waals surface area contributed by atoms with Gasteiger partial charge in [0.05, 0.1) is 5.52 Å². The molecule has 1 amide bonds. The fraction of sp³-hybridized carbons (Fsp3) is 0.360. The first-order valence-electron chi connectivity index (χ1n) is 10.5. The molecule has 0 atom stereocenters. The highest BCUT2D eigenvalue weighted by molar-refractivity contribution is 5.84. The number of amides is 1. The number of benzene rings is 2. The van der Waals surface area contributed by atoms with Gasteiger partial charge in [0.1, 0.15) is 11.6 Å². The van der Waals surface area contributed by atoms with E-state index in [-0.39, 0.29) is 12.5 Å². The maximum Gasteiger partial charge on any atom is 0.260 e. The maximum atomic E-state index is 12.7. The third-order valence-corrected chi connectivity index (χ3v) is 5.98. The molecule has 1 aliphatic heterocycles. The van der Waals surface area contributed by atoms with E-state index in [9.17, 15) is 4.79 Å². The number of para-hydroxylation sites is 1. The molecule has 5 nitrogen and oxygen atoms in total. The highest BCUT2D eigenvalue weighted by Crippen LogP contribution is 2.24. The summed E-state index contributed by atoms with van der Waals surface area (Å²) in [5.74, 6) is 1.83. The van der Waals surface area contributed by atoms with Crippen molar-refractivity contribution >= 4 is 22.6 Å². The van der Waals surface area contributed by atoms with Gasteiger partial charge < -0.3 is 14.5 Å². The molecule has 2 aromatic carbocycles. The number of ether oxygens (including phenoxy) is 1. The minimum Gasteiger partial charge on any atom is -0.483 e. The third kappa shape index (κ3) is 4.11. The van der Waals surface area contributed by atoms with Crippen molar-refractivity contribution in [1.29, 1.82) is 0 Å². The largest absolute Gasteiger partial charge is 0.483 e. The molecule has 156 valence electrons. The third-order valence-electron chi connectivity index (χ3n) is 5.98. The molecule has 30 heavy (non-hydrogen) atoms. The summed E-state index contributed by atoms with van der Waals surface area (Å²) in [4.78, 5) is 21.7. The van der Waals surface area contributed by atoms with Crippen LogP contribution in [0, 0.1) is 27.7 Å². The van der Waals surface area contributed by atoms with Crippen molar-refractivity contribution < 1.29 is 9.53 Å². The van der Waals surface area contributed by atoms with Crippen molar-refractivity contribution in [3.05, 3.63) is 64.7 Å². The molecule has 1 saturated heterocycles. The normalized spacial score (nSPS) is 14.3. The van der Waals surface area contributed by atoms with E-state index in [0.29, 0.717) is 13.1 Å². The first-order chi connectivity index (χ1) is 14.4. The van der Waals surface area contributed by atoms with Crippen LogP contribution in [-0.4, -0.2) is 48.6 Å². The van der Waals surface area contributed by atoms with E-state index >= 15 is 0 Å². The van der Waals surface area contributed by atoms with E-state index in [0.717, 1.165) is 41.3 Å². The Morgan fingerprint density at radius 3 is 2.47 bits per heavy atom. The molecule has 1 aromatic heterocycles. The lowest BCUT2D eigenvalue weighted by Crippen LogP contribution is -2.50. The van der Waals surface area contributed by atoms with Crippen LogP contribution in [0.15, 0.2) is 42.5 Å². The van der Waals surface area contributed by atoms with Crippen LogP contribution in [0.2, 0.25) is 0 Å². The molecular weight excluding hydrogens is 374 g/mol. The number of aromatic nitrogens is 1. The zero-order valence-electron chi connectivity index (χ0n) is 18.2. The van der Waals surface area contributed by atoms with Gasteiger partial charge in [0.25, 0.3) is 5.91 Å². The molecule has 0 saturated carbocycles. The number of carbonyl (C=O) groups is 1. The van der Waals surface area contributed by atoms with Gasteiger partial charge in [-0.2, -0.15) is 0 Å². The van der Waals surface area contributed by atoms with Crippen LogP contribution in [0.4, 0.5) is 5.82 Å². The van der Waals surface area contributed by atoms with E-state index in [1.54, 1.807) is 0 Å². The van der Waals surface area contributed by atoms with Crippen molar-refractivity contribution in [3.8, 4) is 5.75 Å². The van der Waals surface area contributed by atoms with Crippen LogP contribution in [0.5, 0.6) is 5.75 Å². The molecule has 0 N–H and O–H groups in total. The van der Waals surface area contributed by atoms with E-state index in [1.807, 2.05) is 36.9 Å². The topological polar surface area (TPSA) is 45.7 Å². The first-order valence-corrected chi connectivity index (χ1v) is 10.5. The molecule has 0 bridgehead atoms. The number of nitrogens with zero attached hydrogens (tertiary/aromatic N) is 3.